The summed E-state index contributed by atoms with van der Waals surface area (Å²) in [5, 5.41) is 10.1. The molecule has 0 aliphatic carbocycles. The fourth-order valence-electron chi connectivity index (χ4n) is 2.81. The average Bonchev–Trinajstić information content (AvgIpc) is 2.49. The van der Waals surface area contributed by atoms with Gasteiger partial charge in [0.05, 0.1) is 10.7 Å². The second-order valence-electron chi connectivity index (χ2n) is 7.38. The third-order valence-electron chi connectivity index (χ3n) is 4.24. The van der Waals surface area contributed by atoms with Crippen molar-refractivity contribution in [3.8, 4) is 0 Å². The van der Waals surface area contributed by atoms with Crippen molar-refractivity contribution in [2.75, 3.05) is 19.7 Å². The highest BCUT2D eigenvalue weighted by Crippen LogP contribution is 2.35. The first kappa shape index (κ1) is 18.9. The summed E-state index contributed by atoms with van der Waals surface area (Å²) in [6.45, 7) is 6.31. The lowest BCUT2D eigenvalue weighted by Gasteiger charge is -2.40. The maximum Gasteiger partial charge on any atom is 0.410 e. The number of hydrogen-bond acceptors (Lipinski definition) is 4. The minimum atomic E-state index is -0.543. The van der Waals surface area contributed by atoms with E-state index in [9.17, 15) is 14.3 Å². The highest BCUT2D eigenvalue weighted by atomic mass is 35.5. The Labute approximate surface area is 146 Å². The number of amides is 1. The zero-order valence-corrected chi connectivity index (χ0v) is 15.1. The first-order valence-electron chi connectivity index (χ1n) is 8.03. The second kappa shape index (κ2) is 7.23. The van der Waals surface area contributed by atoms with Gasteiger partial charge in [-0.25, -0.2) is 9.18 Å². The maximum atomic E-state index is 14.0. The van der Waals surface area contributed by atoms with Crippen LogP contribution < -0.4 is 0 Å². The number of ether oxygens (including phenoxy) is 1. The molecule has 1 aromatic rings. The Kier molecular flexibility index (Phi) is 5.71. The van der Waals surface area contributed by atoms with Crippen LogP contribution in [0.3, 0.4) is 0 Å². The van der Waals surface area contributed by atoms with E-state index < -0.39 is 16.8 Å². The summed E-state index contributed by atoms with van der Waals surface area (Å²) in [5.74, 6) is -0.468. The van der Waals surface area contributed by atoms with Crippen LogP contribution in [0.15, 0.2) is 12.3 Å². The highest BCUT2D eigenvalue weighted by Gasteiger charge is 2.37. The van der Waals surface area contributed by atoms with Gasteiger partial charge in [0.15, 0.2) is 0 Å². The highest BCUT2D eigenvalue weighted by molar-refractivity contribution is 6.30. The van der Waals surface area contributed by atoms with E-state index in [4.69, 9.17) is 16.3 Å². The van der Waals surface area contributed by atoms with Crippen LogP contribution in [0, 0.1) is 11.2 Å². The van der Waals surface area contributed by atoms with Crippen molar-refractivity contribution in [3.05, 3.63) is 28.8 Å². The number of carbonyl (C=O) groups excluding carboxylic acids is 1. The van der Waals surface area contributed by atoms with Crippen molar-refractivity contribution >= 4 is 17.7 Å². The van der Waals surface area contributed by atoms with Gasteiger partial charge in [-0.05, 0) is 39.7 Å². The molecule has 1 aliphatic heterocycles. The monoisotopic (exact) mass is 358 g/mol. The fraction of sp³-hybridized carbons (Fsp3) is 0.647. The van der Waals surface area contributed by atoms with Crippen LogP contribution in [-0.2, 0) is 11.2 Å². The van der Waals surface area contributed by atoms with Gasteiger partial charge in [0.2, 0.25) is 0 Å². The molecule has 0 unspecified atom stereocenters. The van der Waals surface area contributed by atoms with E-state index >= 15 is 0 Å². The van der Waals surface area contributed by atoms with Crippen LogP contribution in [0.5, 0.6) is 0 Å². The number of rotatable bonds is 3. The van der Waals surface area contributed by atoms with Crippen LogP contribution in [-0.4, -0.2) is 46.4 Å². The number of aliphatic hydroxyl groups is 1. The average molecular weight is 359 g/mol. The van der Waals surface area contributed by atoms with Gasteiger partial charge in [0, 0.05) is 37.7 Å². The van der Waals surface area contributed by atoms with E-state index in [1.165, 1.54) is 12.3 Å². The zero-order valence-electron chi connectivity index (χ0n) is 14.3. The number of aliphatic hydroxyl groups excluding tert-OH is 1. The number of halogens is 2. The van der Waals surface area contributed by atoms with Crippen molar-refractivity contribution in [1.82, 2.24) is 9.88 Å². The van der Waals surface area contributed by atoms with Gasteiger partial charge in [-0.2, -0.15) is 0 Å². The van der Waals surface area contributed by atoms with Gasteiger partial charge in [-0.3, -0.25) is 4.98 Å². The molecule has 0 saturated carbocycles. The molecule has 24 heavy (non-hydrogen) atoms. The Bertz CT molecular complexity index is 596. The lowest BCUT2D eigenvalue weighted by Crippen LogP contribution is -2.47. The molecule has 5 nitrogen and oxygen atoms in total. The van der Waals surface area contributed by atoms with Crippen molar-refractivity contribution < 1.29 is 19.0 Å². The van der Waals surface area contributed by atoms with Gasteiger partial charge < -0.3 is 14.7 Å². The lowest BCUT2D eigenvalue weighted by molar-refractivity contribution is -0.000598. The van der Waals surface area contributed by atoms with Gasteiger partial charge in [-0.1, -0.05) is 11.6 Å². The summed E-state index contributed by atoms with van der Waals surface area (Å²) < 4.78 is 19.4. The number of likely N-dealkylation sites (tertiary alicyclic amines) is 1. The number of piperidine rings is 1. The Hall–Kier alpha value is -1.40. The lowest BCUT2D eigenvalue weighted by atomic mass is 9.75. The largest absolute Gasteiger partial charge is 0.444 e. The third-order valence-corrected chi connectivity index (χ3v) is 4.44. The summed E-state index contributed by atoms with van der Waals surface area (Å²) in [6, 6.07) is 1.23. The number of hydrogen-bond donors (Lipinski definition) is 1. The van der Waals surface area contributed by atoms with Gasteiger partial charge in [0.25, 0.3) is 0 Å². The predicted octanol–water partition coefficient (Wildman–Crippen LogP) is 3.43. The summed E-state index contributed by atoms with van der Waals surface area (Å²) in [4.78, 5) is 17.8. The van der Waals surface area contributed by atoms with E-state index in [0.717, 1.165) is 0 Å². The van der Waals surface area contributed by atoms with E-state index in [2.05, 4.69) is 4.98 Å². The molecule has 2 heterocycles. The predicted molar refractivity (Wildman–Crippen MR) is 89.5 cm³/mol. The first-order valence-corrected chi connectivity index (χ1v) is 8.41. The molecule has 0 radical (unpaired) electrons. The molecule has 1 amide bonds. The van der Waals surface area contributed by atoms with Crippen molar-refractivity contribution in [1.29, 1.82) is 0 Å². The normalized spacial score (nSPS) is 17.7. The molecule has 0 bridgehead atoms. The van der Waals surface area contributed by atoms with E-state index in [1.54, 1.807) is 4.90 Å². The van der Waals surface area contributed by atoms with Gasteiger partial charge >= 0.3 is 6.09 Å². The molecule has 1 aliphatic rings. The quantitative estimate of drug-likeness (QED) is 0.899. The number of carbonyl (C=O) groups is 1. The van der Waals surface area contributed by atoms with E-state index in [1.807, 2.05) is 20.8 Å². The molecule has 134 valence electrons. The van der Waals surface area contributed by atoms with Crippen molar-refractivity contribution in [2.45, 2.75) is 45.6 Å². The Balaban J connectivity index is 2.02. The molecule has 0 aromatic carbocycles. The Morgan fingerprint density at radius 2 is 2.08 bits per heavy atom. The van der Waals surface area contributed by atoms with Crippen LogP contribution in [0.2, 0.25) is 5.02 Å². The van der Waals surface area contributed by atoms with Crippen LogP contribution in [0.4, 0.5) is 9.18 Å². The molecular formula is C17H24ClFN2O3. The first-order chi connectivity index (χ1) is 11.1. The smallest absolute Gasteiger partial charge is 0.410 e. The summed E-state index contributed by atoms with van der Waals surface area (Å²) in [5.41, 5.74) is -0.738. The zero-order chi connectivity index (χ0) is 18.0. The summed E-state index contributed by atoms with van der Waals surface area (Å²) >= 11 is 5.73. The van der Waals surface area contributed by atoms with Crippen LogP contribution >= 0.6 is 11.6 Å². The number of pyridine rings is 1. The van der Waals surface area contributed by atoms with Crippen molar-refractivity contribution in [2.24, 2.45) is 5.41 Å². The molecule has 1 fully saturated rings. The summed E-state index contributed by atoms with van der Waals surface area (Å²) in [7, 11) is 0. The second-order valence-corrected chi connectivity index (χ2v) is 7.82. The molecule has 0 atom stereocenters. The van der Waals surface area contributed by atoms with Gasteiger partial charge in [-0.15, -0.1) is 0 Å². The maximum absolute atomic E-state index is 14.0. The SMILES string of the molecule is CC(C)(C)OC(=O)N1CCC(CO)(Cc2ncc(Cl)cc2F)CC1. The minimum Gasteiger partial charge on any atom is -0.444 e. The molecule has 7 heteroatoms. The molecule has 1 aromatic heterocycles. The standard InChI is InChI=1S/C17H24ClFN2O3/c1-16(2,3)24-15(23)21-6-4-17(11-22,5-7-21)9-14-13(19)8-12(18)10-20-14/h8,10,22H,4-7,9,11H2,1-3H3. The van der Waals surface area contributed by atoms with Crippen LogP contribution in [0.25, 0.3) is 0 Å². The molecule has 1 N–H and O–H groups in total. The topological polar surface area (TPSA) is 62.7 Å². The Morgan fingerprint density at radius 1 is 1.46 bits per heavy atom. The summed E-state index contributed by atoms with van der Waals surface area (Å²) in [6.07, 6.45) is 2.49. The fourth-order valence-corrected chi connectivity index (χ4v) is 2.95. The van der Waals surface area contributed by atoms with E-state index in [0.29, 0.717) is 38.0 Å². The van der Waals surface area contributed by atoms with Gasteiger partial charge in [0.1, 0.15) is 11.4 Å². The van der Waals surface area contributed by atoms with E-state index in [-0.39, 0.29) is 17.7 Å². The number of aromatic nitrogens is 1. The molecular weight excluding hydrogens is 335 g/mol. The van der Waals surface area contributed by atoms with Crippen molar-refractivity contribution in [3.63, 3.8) is 0 Å². The minimum absolute atomic E-state index is 0.0844. The molecule has 2 rings (SSSR count). The number of nitrogens with zero attached hydrogens (tertiary/aromatic N) is 2. The molecule has 1 saturated heterocycles. The molecule has 0 spiro atoms. The Morgan fingerprint density at radius 3 is 2.58 bits per heavy atom. The van der Waals surface area contributed by atoms with Crippen LogP contribution in [0.1, 0.15) is 39.3 Å². The third kappa shape index (κ3) is 4.80.